The van der Waals surface area contributed by atoms with E-state index in [0.717, 1.165) is 37.9 Å². The lowest BCUT2D eigenvalue weighted by atomic mass is 10.2. The Bertz CT molecular complexity index is 893. The SMILES string of the molecule is O=C(c1csc(-n2cccc2)n1)N1CCN(C/C=C/c2ccccc2)CC1. The molecule has 0 N–H and O–H groups in total. The Labute approximate surface area is 163 Å². The summed E-state index contributed by atoms with van der Waals surface area (Å²) in [5.74, 6) is 0.0316. The molecule has 1 aliphatic heterocycles. The van der Waals surface area contributed by atoms with Crippen LogP contribution in [0.1, 0.15) is 16.1 Å². The average molecular weight is 379 g/mol. The van der Waals surface area contributed by atoms with Gasteiger partial charge in [-0.1, -0.05) is 42.5 Å². The van der Waals surface area contributed by atoms with E-state index in [-0.39, 0.29) is 5.91 Å². The van der Waals surface area contributed by atoms with Crippen LogP contribution in [0.4, 0.5) is 0 Å². The van der Waals surface area contributed by atoms with Gasteiger partial charge in [0.05, 0.1) is 0 Å². The zero-order valence-corrected chi connectivity index (χ0v) is 15.9. The van der Waals surface area contributed by atoms with Crippen molar-refractivity contribution < 1.29 is 4.79 Å². The van der Waals surface area contributed by atoms with Crippen molar-refractivity contribution in [2.45, 2.75) is 0 Å². The number of thiazole rings is 1. The number of carbonyl (C=O) groups is 1. The Hall–Kier alpha value is -2.70. The molecule has 1 aromatic carbocycles. The summed E-state index contributed by atoms with van der Waals surface area (Å²) in [6, 6.07) is 14.2. The molecule has 2 aromatic heterocycles. The highest BCUT2D eigenvalue weighted by Gasteiger charge is 2.23. The molecule has 1 saturated heterocycles. The smallest absolute Gasteiger partial charge is 0.273 e. The van der Waals surface area contributed by atoms with Crippen LogP contribution in [0.3, 0.4) is 0 Å². The number of carbonyl (C=O) groups excluding carboxylic acids is 1. The van der Waals surface area contributed by atoms with E-state index in [1.165, 1.54) is 16.9 Å². The van der Waals surface area contributed by atoms with Crippen LogP contribution in [0.5, 0.6) is 0 Å². The molecular weight excluding hydrogens is 356 g/mol. The zero-order chi connectivity index (χ0) is 18.5. The first-order valence-corrected chi connectivity index (χ1v) is 10.00. The first-order chi connectivity index (χ1) is 13.3. The van der Waals surface area contributed by atoms with Crippen molar-refractivity contribution >= 4 is 23.3 Å². The van der Waals surface area contributed by atoms with E-state index < -0.39 is 0 Å². The zero-order valence-electron chi connectivity index (χ0n) is 15.1. The summed E-state index contributed by atoms with van der Waals surface area (Å²) in [4.78, 5) is 21.5. The van der Waals surface area contributed by atoms with E-state index in [9.17, 15) is 4.79 Å². The lowest BCUT2D eigenvalue weighted by Gasteiger charge is -2.33. The first kappa shape index (κ1) is 17.7. The van der Waals surface area contributed by atoms with Crippen molar-refractivity contribution in [2.24, 2.45) is 0 Å². The van der Waals surface area contributed by atoms with Gasteiger partial charge in [0.2, 0.25) is 0 Å². The fourth-order valence-corrected chi connectivity index (χ4v) is 3.91. The summed E-state index contributed by atoms with van der Waals surface area (Å²) in [6.45, 7) is 4.17. The molecule has 1 fully saturated rings. The molecule has 138 valence electrons. The second kappa shape index (κ2) is 8.33. The minimum atomic E-state index is 0.0316. The van der Waals surface area contributed by atoms with Gasteiger partial charge in [-0.3, -0.25) is 9.69 Å². The molecule has 6 heteroatoms. The molecule has 0 aliphatic carbocycles. The number of nitrogens with zero attached hydrogens (tertiary/aromatic N) is 4. The molecule has 4 rings (SSSR count). The van der Waals surface area contributed by atoms with Gasteiger partial charge >= 0.3 is 0 Å². The maximum Gasteiger partial charge on any atom is 0.273 e. The van der Waals surface area contributed by atoms with E-state index in [0.29, 0.717) is 5.69 Å². The maximum atomic E-state index is 12.7. The highest BCUT2D eigenvalue weighted by atomic mass is 32.1. The minimum Gasteiger partial charge on any atom is -0.335 e. The van der Waals surface area contributed by atoms with Crippen LogP contribution in [-0.2, 0) is 0 Å². The molecule has 1 aliphatic rings. The van der Waals surface area contributed by atoms with Crippen molar-refractivity contribution in [3.8, 4) is 5.13 Å². The maximum absolute atomic E-state index is 12.7. The number of benzene rings is 1. The van der Waals surface area contributed by atoms with Crippen molar-refractivity contribution in [1.29, 1.82) is 0 Å². The first-order valence-electron chi connectivity index (χ1n) is 9.12. The number of rotatable bonds is 5. The van der Waals surface area contributed by atoms with E-state index in [4.69, 9.17) is 0 Å². The molecule has 0 spiro atoms. The van der Waals surface area contributed by atoms with Crippen molar-refractivity contribution in [2.75, 3.05) is 32.7 Å². The molecule has 27 heavy (non-hydrogen) atoms. The fraction of sp³-hybridized carbons (Fsp3) is 0.238. The Kier molecular flexibility index (Phi) is 5.46. The van der Waals surface area contributed by atoms with Gasteiger partial charge in [0.15, 0.2) is 5.13 Å². The molecule has 3 aromatic rings. The van der Waals surface area contributed by atoms with Crippen molar-refractivity contribution in [1.82, 2.24) is 19.4 Å². The van der Waals surface area contributed by atoms with E-state index in [1.54, 1.807) is 0 Å². The predicted molar refractivity (Wildman–Crippen MR) is 109 cm³/mol. The Morgan fingerprint density at radius 3 is 2.52 bits per heavy atom. The second-order valence-electron chi connectivity index (χ2n) is 6.51. The van der Waals surface area contributed by atoms with Gasteiger partial charge in [0.25, 0.3) is 5.91 Å². The van der Waals surface area contributed by atoms with Gasteiger partial charge < -0.3 is 9.47 Å². The lowest BCUT2D eigenvalue weighted by molar-refractivity contribution is 0.0645. The molecule has 0 saturated carbocycles. The minimum absolute atomic E-state index is 0.0316. The van der Waals surface area contributed by atoms with E-state index >= 15 is 0 Å². The summed E-state index contributed by atoms with van der Waals surface area (Å²) >= 11 is 1.49. The fourth-order valence-electron chi connectivity index (χ4n) is 3.14. The standard InChI is InChI=1S/C21H22N4OS/c26-20(19-17-27-21(22-19)25-11-4-5-12-25)24-15-13-23(14-16-24)10-6-9-18-7-2-1-3-8-18/h1-9,11-12,17H,10,13-16H2/b9-6+. The van der Waals surface area contributed by atoms with Gasteiger partial charge in [-0.2, -0.15) is 0 Å². The summed E-state index contributed by atoms with van der Waals surface area (Å²) in [5, 5.41) is 2.68. The Morgan fingerprint density at radius 1 is 1.04 bits per heavy atom. The molecule has 0 atom stereocenters. The highest BCUT2D eigenvalue weighted by Crippen LogP contribution is 2.17. The third-order valence-corrected chi connectivity index (χ3v) is 5.52. The van der Waals surface area contributed by atoms with Gasteiger partial charge in [0.1, 0.15) is 5.69 Å². The summed E-state index contributed by atoms with van der Waals surface area (Å²) in [7, 11) is 0. The van der Waals surface area contributed by atoms with Crippen LogP contribution in [0.2, 0.25) is 0 Å². The molecule has 1 amide bonds. The van der Waals surface area contributed by atoms with Crippen LogP contribution < -0.4 is 0 Å². The third-order valence-electron chi connectivity index (χ3n) is 4.67. The Balaban J connectivity index is 1.29. The normalized spacial score (nSPS) is 15.5. The number of hydrogen-bond donors (Lipinski definition) is 0. The summed E-state index contributed by atoms with van der Waals surface area (Å²) in [6.07, 6.45) is 8.22. The molecule has 3 heterocycles. The predicted octanol–water partition coefficient (Wildman–Crippen LogP) is 3.41. The largest absolute Gasteiger partial charge is 0.335 e. The summed E-state index contributed by atoms with van der Waals surface area (Å²) in [5.41, 5.74) is 1.76. The number of aromatic nitrogens is 2. The average Bonchev–Trinajstić information content (AvgIpc) is 3.41. The Morgan fingerprint density at radius 2 is 1.78 bits per heavy atom. The van der Waals surface area contributed by atoms with Gasteiger partial charge in [-0.05, 0) is 17.7 Å². The molecule has 0 bridgehead atoms. The number of hydrogen-bond acceptors (Lipinski definition) is 4. The van der Waals surface area contributed by atoms with E-state index in [2.05, 4.69) is 34.2 Å². The topological polar surface area (TPSA) is 41.4 Å². The van der Waals surface area contributed by atoms with Crippen LogP contribution >= 0.6 is 11.3 Å². The van der Waals surface area contributed by atoms with E-state index in [1.807, 2.05) is 57.6 Å². The second-order valence-corrected chi connectivity index (χ2v) is 7.35. The van der Waals surface area contributed by atoms with Crippen LogP contribution in [0.25, 0.3) is 11.2 Å². The van der Waals surface area contributed by atoms with Crippen LogP contribution in [0, 0.1) is 0 Å². The number of amides is 1. The van der Waals surface area contributed by atoms with Crippen LogP contribution in [-0.4, -0.2) is 58.0 Å². The third kappa shape index (κ3) is 4.35. The highest BCUT2D eigenvalue weighted by molar-refractivity contribution is 7.12. The van der Waals surface area contributed by atoms with Gasteiger partial charge in [0, 0.05) is 50.5 Å². The van der Waals surface area contributed by atoms with Crippen molar-refractivity contribution in [3.63, 3.8) is 0 Å². The van der Waals surface area contributed by atoms with Gasteiger partial charge in [-0.15, -0.1) is 11.3 Å². The molecule has 0 unspecified atom stereocenters. The van der Waals surface area contributed by atoms with Crippen LogP contribution in [0.15, 0.2) is 66.3 Å². The molecule has 0 radical (unpaired) electrons. The molecule has 5 nitrogen and oxygen atoms in total. The molecular formula is C21H22N4OS. The van der Waals surface area contributed by atoms with Gasteiger partial charge in [-0.25, -0.2) is 4.98 Å². The summed E-state index contributed by atoms with van der Waals surface area (Å²) < 4.78 is 1.93. The van der Waals surface area contributed by atoms with Crippen molar-refractivity contribution in [3.05, 3.63) is 77.6 Å². The quantitative estimate of drug-likeness (QED) is 0.683. The monoisotopic (exact) mass is 378 g/mol. The number of piperazine rings is 1. The lowest BCUT2D eigenvalue weighted by Crippen LogP contribution is -2.48.